The summed E-state index contributed by atoms with van der Waals surface area (Å²) in [5.74, 6) is 0.564. The summed E-state index contributed by atoms with van der Waals surface area (Å²) in [6.07, 6.45) is 2.37. The lowest BCUT2D eigenvalue weighted by molar-refractivity contribution is -0.121. The number of hydrogen-bond donors (Lipinski definition) is 1. The maximum Gasteiger partial charge on any atom is 0.261 e. The number of rotatable bonds is 5. The van der Waals surface area contributed by atoms with E-state index < -0.39 is 0 Å². The zero-order valence-electron chi connectivity index (χ0n) is 14.2. The maximum atomic E-state index is 12.2. The van der Waals surface area contributed by atoms with Gasteiger partial charge in [-0.2, -0.15) is 5.10 Å². The second-order valence-electron chi connectivity index (χ2n) is 5.82. The number of aryl methyl sites for hydroxylation is 1. The van der Waals surface area contributed by atoms with Gasteiger partial charge >= 0.3 is 0 Å². The van der Waals surface area contributed by atoms with E-state index in [1.54, 1.807) is 10.9 Å². The van der Waals surface area contributed by atoms with E-state index in [9.17, 15) is 4.79 Å². The molecule has 4 rings (SSSR count). The van der Waals surface area contributed by atoms with Gasteiger partial charge in [-0.15, -0.1) is 5.10 Å². The molecule has 0 saturated carbocycles. The molecule has 130 valence electrons. The molecule has 2 aromatic heterocycles. The van der Waals surface area contributed by atoms with E-state index in [0.717, 1.165) is 39.7 Å². The molecule has 0 saturated heterocycles. The zero-order valence-corrected chi connectivity index (χ0v) is 14.2. The lowest BCUT2D eigenvalue weighted by Crippen LogP contribution is -2.23. The van der Waals surface area contributed by atoms with Gasteiger partial charge in [0.2, 0.25) is 0 Å². The summed E-state index contributed by atoms with van der Waals surface area (Å²) in [6, 6.07) is 15.3. The Bertz CT molecular complexity index is 1110. The number of hydrogen-bond acceptors (Lipinski definition) is 5. The van der Waals surface area contributed by atoms with Crippen LogP contribution in [0, 0.1) is 0 Å². The van der Waals surface area contributed by atoms with Gasteiger partial charge in [-0.3, -0.25) is 4.79 Å². The average Bonchev–Trinajstić information content (AvgIpc) is 3.23. The van der Waals surface area contributed by atoms with Crippen LogP contribution in [0.25, 0.3) is 22.0 Å². The van der Waals surface area contributed by atoms with Gasteiger partial charge in [0.05, 0.1) is 11.7 Å². The van der Waals surface area contributed by atoms with E-state index in [2.05, 4.69) is 20.8 Å². The fraction of sp³-hybridized carbons (Fsp3) is 0.158. The summed E-state index contributed by atoms with van der Waals surface area (Å²) in [6.45, 7) is 2.06. The number of nitrogens with zero attached hydrogens (tertiary/aromatic N) is 4. The van der Waals surface area contributed by atoms with Crippen LogP contribution < -0.4 is 5.43 Å². The number of nitrogens with one attached hydrogen (secondary N) is 1. The smallest absolute Gasteiger partial charge is 0.261 e. The monoisotopic (exact) mass is 347 g/mol. The summed E-state index contributed by atoms with van der Waals surface area (Å²) in [7, 11) is 0. The van der Waals surface area contributed by atoms with Crippen molar-refractivity contribution in [2.75, 3.05) is 0 Å². The highest BCUT2D eigenvalue weighted by Crippen LogP contribution is 2.24. The van der Waals surface area contributed by atoms with Gasteiger partial charge in [0, 0.05) is 17.4 Å². The molecule has 0 aliphatic rings. The van der Waals surface area contributed by atoms with Crippen molar-refractivity contribution >= 4 is 34.1 Å². The molecule has 4 aromatic rings. The predicted molar refractivity (Wildman–Crippen MR) is 98.9 cm³/mol. The van der Waals surface area contributed by atoms with Gasteiger partial charge in [-0.1, -0.05) is 42.5 Å². The minimum absolute atomic E-state index is 0.0463. The van der Waals surface area contributed by atoms with Crippen molar-refractivity contribution in [3.05, 3.63) is 59.9 Å². The maximum absolute atomic E-state index is 12.2. The third-order valence-corrected chi connectivity index (χ3v) is 4.13. The first-order valence-electron chi connectivity index (χ1n) is 8.37. The lowest BCUT2D eigenvalue weighted by atomic mass is 10.1. The molecule has 0 aliphatic carbocycles. The van der Waals surface area contributed by atoms with Gasteiger partial charge in [-0.05, 0) is 18.2 Å². The van der Waals surface area contributed by atoms with Crippen molar-refractivity contribution in [3.8, 4) is 0 Å². The fourth-order valence-electron chi connectivity index (χ4n) is 2.89. The summed E-state index contributed by atoms with van der Waals surface area (Å²) in [5, 5.41) is 13.1. The second-order valence-corrected chi connectivity index (χ2v) is 5.82. The minimum atomic E-state index is -0.275. The Hall–Kier alpha value is -3.48. The largest absolute Gasteiger partial charge is 0.460 e. The molecule has 0 bridgehead atoms. The molecule has 7 heteroatoms. The van der Waals surface area contributed by atoms with Crippen molar-refractivity contribution < 1.29 is 9.21 Å². The molecule has 0 aliphatic heterocycles. The average molecular weight is 347 g/mol. The molecule has 1 amide bonds. The Labute approximate surface area is 149 Å². The van der Waals surface area contributed by atoms with E-state index in [1.807, 2.05) is 55.5 Å². The quantitative estimate of drug-likeness (QED) is 0.444. The van der Waals surface area contributed by atoms with Crippen LogP contribution in [0.15, 0.2) is 58.0 Å². The van der Waals surface area contributed by atoms with E-state index in [4.69, 9.17) is 4.42 Å². The van der Waals surface area contributed by atoms with Crippen LogP contribution >= 0.6 is 0 Å². The van der Waals surface area contributed by atoms with Gasteiger partial charge in [0.15, 0.2) is 0 Å². The normalized spacial score (nSPS) is 11.6. The third-order valence-electron chi connectivity index (χ3n) is 4.13. The van der Waals surface area contributed by atoms with Crippen LogP contribution in [0.2, 0.25) is 0 Å². The highest BCUT2D eigenvalue weighted by atomic mass is 16.3. The van der Waals surface area contributed by atoms with E-state index in [1.165, 1.54) is 0 Å². The van der Waals surface area contributed by atoms with E-state index in [0.29, 0.717) is 0 Å². The molecule has 0 spiro atoms. The number of carbonyl (C=O) groups excluding carboxylic acids is 1. The molecule has 0 radical (unpaired) electrons. The van der Waals surface area contributed by atoms with E-state index >= 15 is 0 Å². The van der Waals surface area contributed by atoms with Crippen molar-refractivity contribution in [3.63, 3.8) is 0 Å². The first kappa shape index (κ1) is 16.0. The van der Waals surface area contributed by atoms with Gasteiger partial charge in [-0.25, -0.2) is 10.1 Å². The SMILES string of the molecule is CCc1oc2ccccc2c1/C=N\NC(=O)Cn1nnc2ccccc21. The highest BCUT2D eigenvalue weighted by Gasteiger charge is 2.11. The molecule has 0 atom stereocenters. The molecule has 2 aromatic carbocycles. The number of hydrazone groups is 1. The summed E-state index contributed by atoms with van der Waals surface area (Å²) in [5.41, 5.74) is 5.79. The molecule has 0 unspecified atom stereocenters. The number of amides is 1. The minimum Gasteiger partial charge on any atom is -0.460 e. The molecule has 7 nitrogen and oxygen atoms in total. The van der Waals surface area contributed by atoms with Crippen LogP contribution in [0.3, 0.4) is 0 Å². The first-order chi connectivity index (χ1) is 12.8. The summed E-state index contributed by atoms with van der Waals surface area (Å²) < 4.78 is 7.36. The molecule has 26 heavy (non-hydrogen) atoms. The fourth-order valence-corrected chi connectivity index (χ4v) is 2.89. The van der Waals surface area contributed by atoms with Gasteiger partial charge < -0.3 is 4.42 Å². The number of aromatic nitrogens is 3. The molecule has 1 N–H and O–H groups in total. The topological polar surface area (TPSA) is 85.3 Å². The van der Waals surface area contributed by atoms with Crippen LogP contribution in [0.1, 0.15) is 18.2 Å². The number of fused-ring (bicyclic) bond motifs is 2. The van der Waals surface area contributed by atoms with Crippen molar-refractivity contribution in [1.29, 1.82) is 0 Å². The number of furan rings is 1. The standard InChI is InChI=1S/C19H17N5O2/c1-2-17-14(13-7-3-6-10-18(13)26-17)11-20-22-19(25)12-24-16-9-5-4-8-15(16)21-23-24/h3-11H,2,12H2,1H3,(H,22,25)/b20-11-. The van der Waals surface area contributed by atoms with Crippen LogP contribution in [0.5, 0.6) is 0 Å². The van der Waals surface area contributed by atoms with Crippen LogP contribution in [0.4, 0.5) is 0 Å². The summed E-state index contributed by atoms with van der Waals surface area (Å²) in [4.78, 5) is 12.2. The Morgan fingerprint density at radius 1 is 1.23 bits per heavy atom. The Morgan fingerprint density at radius 3 is 2.92 bits per heavy atom. The number of benzene rings is 2. The molecular formula is C19H17N5O2. The van der Waals surface area contributed by atoms with Crippen molar-refractivity contribution in [2.45, 2.75) is 19.9 Å². The first-order valence-corrected chi connectivity index (χ1v) is 8.37. The Balaban J connectivity index is 1.49. The Morgan fingerprint density at radius 2 is 2.04 bits per heavy atom. The van der Waals surface area contributed by atoms with E-state index in [-0.39, 0.29) is 12.5 Å². The highest BCUT2D eigenvalue weighted by molar-refractivity contribution is 5.99. The molecular weight excluding hydrogens is 330 g/mol. The van der Waals surface area contributed by atoms with Crippen molar-refractivity contribution in [2.24, 2.45) is 5.10 Å². The van der Waals surface area contributed by atoms with Gasteiger partial charge in [0.1, 0.15) is 23.4 Å². The van der Waals surface area contributed by atoms with Crippen LogP contribution in [-0.2, 0) is 17.8 Å². The van der Waals surface area contributed by atoms with Crippen LogP contribution in [-0.4, -0.2) is 27.1 Å². The van der Waals surface area contributed by atoms with Gasteiger partial charge in [0.25, 0.3) is 5.91 Å². The molecule has 0 fully saturated rings. The number of carbonyl (C=O) groups is 1. The molecule has 2 heterocycles. The summed E-state index contributed by atoms with van der Waals surface area (Å²) >= 11 is 0. The third kappa shape index (κ3) is 2.95. The lowest BCUT2D eigenvalue weighted by Gasteiger charge is -2.01. The second kappa shape index (κ2) is 6.79. The number of para-hydroxylation sites is 2. The Kier molecular flexibility index (Phi) is 4.18. The van der Waals surface area contributed by atoms with Crippen molar-refractivity contribution in [1.82, 2.24) is 20.4 Å². The zero-order chi connectivity index (χ0) is 17.9. The predicted octanol–water partition coefficient (Wildman–Crippen LogP) is 2.89.